The van der Waals surface area contributed by atoms with E-state index >= 15 is 0 Å². The highest BCUT2D eigenvalue weighted by atomic mass is 32.2. The lowest BCUT2D eigenvalue weighted by Gasteiger charge is -2.04. The third-order valence-corrected chi connectivity index (χ3v) is 3.60. The Morgan fingerprint density at radius 1 is 0.941 bits per heavy atom. The van der Waals surface area contributed by atoms with Crippen molar-refractivity contribution in [1.29, 1.82) is 0 Å². The van der Waals surface area contributed by atoms with Crippen LogP contribution >= 0.6 is 11.8 Å². The molecule has 3 N–H and O–H groups in total. The molecule has 0 amide bonds. The second-order valence-electron chi connectivity index (χ2n) is 3.77. The maximum atomic E-state index is 5.33. The van der Waals surface area contributed by atoms with E-state index in [2.05, 4.69) is 48.7 Å². The van der Waals surface area contributed by atoms with Gasteiger partial charge in [0.2, 0.25) is 0 Å². The number of hydrazine groups is 1. The van der Waals surface area contributed by atoms with Crippen molar-refractivity contribution in [2.24, 2.45) is 5.84 Å². The van der Waals surface area contributed by atoms with Crippen molar-refractivity contribution in [2.45, 2.75) is 23.1 Å². The third-order valence-electron chi connectivity index (χ3n) is 2.59. The van der Waals surface area contributed by atoms with Gasteiger partial charge in [-0.2, -0.15) is 0 Å². The van der Waals surface area contributed by atoms with E-state index in [1.54, 1.807) is 11.8 Å². The molecule has 0 saturated carbocycles. The van der Waals surface area contributed by atoms with Gasteiger partial charge in [-0.05, 0) is 48.4 Å². The first-order chi connectivity index (χ1) is 8.31. The van der Waals surface area contributed by atoms with E-state index in [1.807, 2.05) is 12.1 Å². The largest absolute Gasteiger partial charge is 0.324 e. The highest BCUT2D eigenvalue weighted by molar-refractivity contribution is 7.99. The average molecular weight is 244 g/mol. The molecule has 0 radical (unpaired) electrons. The quantitative estimate of drug-likeness (QED) is 0.636. The monoisotopic (exact) mass is 244 g/mol. The highest BCUT2D eigenvalue weighted by Crippen LogP contribution is 2.28. The van der Waals surface area contributed by atoms with Crippen molar-refractivity contribution in [2.75, 3.05) is 5.43 Å². The number of hydrogen-bond acceptors (Lipinski definition) is 3. The van der Waals surface area contributed by atoms with Crippen molar-refractivity contribution in [3.05, 3.63) is 54.1 Å². The fraction of sp³-hybridized carbons (Fsp3) is 0.143. The standard InChI is InChI=1S/C14H16N2S/c1-2-11-3-7-13(8-4-11)17-14-9-5-12(16-15)6-10-14/h3-10,16H,2,15H2,1H3. The Morgan fingerprint density at radius 2 is 1.47 bits per heavy atom. The van der Waals surface area contributed by atoms with Crippen LogP contribution in [0.3, 0.4) is 0 Å². The van der Waals surface area contributed by atoms with E-state index in [0.717, 1.165) is 12.1 Å². The van der Waals surface area contributed by atoms with Crippen LogP contribution in [0.5, 0.6) is 0 Å². The van der Waals surface area contributed by atoms with Crippen molar-refractivity contribution < 1.29 is 0 Å². The molecule has 88 valence electrons. The van der Waals surface area contributed by atoms with Crippen LogP contribution in [0.1, 0.15) is 12.5 Å². The number of aryl methyl sites for hydroxylation is 1. The van der Waals surface area contributed by atoms with E-state index < -0.39 is 0 Å². The van der Waals surface area contributed by atoms with Gasteiger partial charge in [0.1, 0.15) is 0 Å². The molecule has 17 heavy (non-hydrogen) atoms. The summed E-state index contributed by atoms with van der Waals surface area (Å²) in [7, 11) is 0. The number of rotatable bonds is 4. The molecule has 2 aromatic carbocycles. The lowest BCUT2D eigenvalue weighted by Crippen LogP contribution is -2.05. The fourth-order valence-corrected chi connectivity index (χ4v) is 2.36. The van der Waals surface area contributed by atoms with Gasteiger partial charge < -0.3 is 5.43 Å². The Morgan fingerprint density at radius 3 is 1.94 bits per heavy atom. The SMILES string of the molecule is CCc1ccc(Sc2ccc(NN)cc2)cc1. The summed E-state index contributed by atoms with van der Waals surface area (Å²) in [4.78, 5) is 2.48. The Bertz CT molecular complexity index is 417. The van der Waals surface area contributed by atoms with Gasteiger partial charge in [-0.1, -0.05) is 30.8 Å². The van der Waals surface area contributed by atoms with Crippen LogP contribution in [-0.2, 0) is 6.42 Å². The zero-order valence-electron chi connectivity index (χ0n) is 9.81. The molecule has 0 atom stereocenters. The van der Waals surface area contributed by atoms with Gasteiger partial charge in [0.25, 0.3) is 0 Å². The van der Waals surface area contributed by atoms with Crippen LogP contribution < -0.4 is 11.3 Å². The molecule has 0 fully saturated rings. The number of anilines is 1. The summed E-state index contributed by atoms with van der Waals surface area (Å²) in [6, 6.07) is 16.8. The first kappa shape index (κ1) is 12.0. The van der Waals surface area contributed by atoms with E-state index in [4.69, 9.17) is 5.84 Å². The van der Waals surface area contributed by atoms with Crippen LogP contribution in [0, 0.1) is 0 Å². The normalized spacial score (nSPS) is 10.2. The summed E-state index contributed by atoms with van der Waals surface area (Å²) in [6.45, 7) is 2.17. The number of hydrogen-bond donors (Lipinski definition) is 2. The molecule has 0 aliphatic rings. The number of nitrogens with one attached hydrogen (secondary N) is 1. The predicted molar refractivity (Wildman–Crippen MR) is 74.2 cm³/mol. The van der Waals surface area contributed by atoms with Gasteiger partial charge in [0, 0.05) is 15.5 Å². The maximum Gasteiger partial charge on any atom is 0.0485 e. The summed E-state index contributed by atoms with van der Waals surface area (Å²) in [5.74, 6) is 5.33. The van der Waals surface area contributed by atoms with Gasteiger partial charge in [0.15, 0.2) is 0 Å². The lowest BCUT2D eigenvalue weighted by molar-refractivity contribution is 1.13. The zero-order valence-corrected chi connectivity index (χ0v) is 10.6. The van der Waals surface area contributed by atoms with E-state index in [1.165, 1.54) is 15.4 Å². The highest BCUT2D eigenvalue weighted by Gasteiger charge is 1.97. The van der Waals surface area contributed by atoms with Crippen molar-refractivity contribution in [3.63, 3.8) is 0 Å². The smallest absolute Gasteiger partial charge is 0.0485 e. The Kier molecular flexibility index (Phi) is 4.07. The van der Waals surface area contributed by atoms with E-state index in [0.29, 0.717) is 0 Å². The number of nitrogen functional groups attached to an aromatic ring is 1. The molecule has 0 aliphatic carbocycles. The topological polar surface area (TPSA) is 38.0 Å². The molecule has 2 nitrogen and oxygen atoms in total. The summed E-state index contributed by atoms with van der Waals surface area (Å²) in [6.07, 6.45) is 1.09. The minimum absolute atomic E-state index is 0.927. The minimum Gasteiger partial charge on any atom is -0.324 e. The molecule has 2 rings (SSSR count). The fourth-order valence-electron chi connectivity index (χ4n) is 1.55. The molecular weight excluding hydrogens is 228 g/mol. The van der Waals surface area contributed by atoms with Crippen molar-refractivity contribution >= 4 is 17.4 Å². The summed E-state index contributed by atoms with van der Waals surface area (Å²) < 4.78 is 0. The second-order valence-corrected chi connectivity index (χ2v) is 4.92. The first-order valence-electron chi connectivity index (χ1n) is 5.65. The summed E-state index contributed by atoms with van der Waals surface area (Å²) >= 11 is 1.76. The van der Waals surface area contributed by atoms with Gasteiger partial charge >= 0.3 is 0 Å². The van der Waals surface area contributed by atoms with Crippen LogP contribution in [-0.4, -0.2) is 0 Å². The van der Waals surface area contributed by atoms with Gasteiger partial charge in [-0.15, -0.1) is 0 Å². The lowest BCUT2D eigenvalue weighted by atomic mass is 10.2. The van der Waals surface area contributed by atoms with Crippen molar-refractivity contribution in [1.82, 2.24) is 0 Å². The maximum absolute atomic E-state index is 5.33. The Labute approximate surface area is 106 Å². The third kappa shape index (κ3) is 3.25. The second kappa shape index (κ2) is 5.75. The predicted octanol–water partition coefficient (Wildman–Crippen LogP) is 3.69. The van der Waals surface area contributed by atoms with Crippen molar-refractivity contribution in [3.8, 4) is 0 Å². The van der Waals surface area contributed by atoms with E-state index in [-0.39, 0.29) is 0 Å². The average Bonchev–Trinajstić information content (AvgIpc) is 2.40. The molecule has 0 aromatic heterocycles. The van der Waals surface area contributed by atoms with Gasteiger partial charge in [-0.3, -0.25) is 5.84 Å². The van der Waals surface area contributed by atoms with Crippen LogP contribution in [0.2, 0.25) is 0 Å². The molecule has 2 aromatic rings. The summed E-state index contributed by atoms with van der Waals surface area (Å²) in [5.41, 5.74) is 4.92. The molecule has 0 saturated heterocycles. The first-order valence-corrected chi connectivity index (χ1v) is 6.47. The Hall–Kier alpha value is -1.45. The molecular formula is C14H16N2S. The molecule has 0 unspecified atom stereocenters. The van der Waals surface area contributed by atoms with Gasteiger partial charge in [-0.25, -0.2) is 0 Å². The molecule has 3 heteroatoms. The molecule has 0 spiro atoms. The van der Waals surface area contributed by atoms with E-state index in [9.17, 15) is 0 Å². The molecule has 0 heterocycles. The number of nitrogens with two attached hydrogens (primary N) is 1. The zero-order chi connectivity index (χ0) is 12.1. The van der Waals surface area contributed by atoms with Gasteiger partial charge in [0.05, 0.1) is 0 Å². The molecule has 0 aliphatic heterocycles. The number of benzene rings is 2. The van der Waals surface area contributed by atoms with Crippen LogP contribution in [0.25, 0.3) is 0 Å². The molecule has 0 bridgehead atoms. The Balaban J connectivity index is 2.08. The van der Waals surface area contributed by atoms with Crippen LogP contribution in [0.4, 0.5) is 5.69 Å². The van der Waals surface area contributed by atoms with Crippen LogP contribution in [0.15, 0.2) is 58.3 Å². The minimum atomic E-state index is 0.927. The summed E-state index contributed by atoms with van der Waals surface area (Å²) in [5, 5.41) is 0.